The molecule has 0 spiro atoms. The summed E-state index contributed by atoms with van der Waals surface area (Å²) >= 11 is 4.68. The van der Waals surface area contributed by atoms with E-state index in [0.29, 0.717) is 10.7 Å². The lowest BCUT2D eigenvalue weighted by molar-refractivity contribution is 0.540. The first-order valence-corrected chi connectivity index (χ1v) is 4.61. The molecular formula is C6H3BrN2OS. The summed E-state index contributed by atoms with van der Waals surface area (Å²) in [6.45, 7) is 0. The third kappa shape index (κ3) is 1.34. The first-order chi connectivity index (χ1) is 5.36. The fourth-order valence-corrected chi connectivity index (χ4v) is 1.57. The van der Waals surface area contributed by atoms with Crippen molar-refractivity contribution in [2.45, 2.75) is 0 Å². The molecule has 0 saturated carbocycles. The van der Waals surface area contributed by atoms with Crippen LogP contribution < -0.4 is 0 Å². The Hall–Kier alpha value is -0.680. The smallest absolute Gasteiger partial charge is 0.285 e. The Bertz CT molecular complexity index is 343. The fourth-order valence-electron chi connectivity index (χ4n) is 0.708. The second-order valence-corrected chi connectivity index (χ2v) is 3.33. The summed E-state index contributed by atoms with van der Waals surface area (Å²) in [5.41, 5.74) is 0.966. The lowest BCUT2D eigenvalue weighted by atomic mass is 10.3. The maximum atomic E-state index is 5.13. The van der Waals surface area contributed by atoms with Gasteiger partial charge in [-0.15, -0.1) is 10.2 Å². The average molecular weight is 231 g/mol. The molecule has 0 aliphatic rings. The van der Waals surface area contributed by atoms with Crippen LogP contribution in [0.5, 0.6) is 0 Å². The highest BCUT2D eigenvalue weighted by Crippen LogP contribution is 2.21. The van der Waals surface area contributed by atoms with E-state index < -0.39 is 0 Å². The van der Waals surface area contributed by atoms with Crippen molar-refractivity contribution in [3.8, 4) is 11.5 Å². The van der Waals surface area contributed by atoms with Crippen LogP contribution in [0.1, 0.15) is 0 Å². The molecule has 5 heteroatoms. The molecule has 56 valence electrons. The van der Waals surface area contributed by atoms with E-state index in [1.165, 1.54) is 0 Å². The van der Waals surface area contributed by atoms with Crippen LogP contribution in [0.4, 0.5) is 0 Å². The van der Waals surface area contributed by atoms with Crippen molar-refractivity contribution in [1.29, 1.82) is 0 Å². The molecule has 0 atom stereocenters. The van der Waals surface area contributed by atoms with Crippen LogP contribution >= 0.6 is 27.3 Å². The molecule has 0 bridgehead atoms. The number of thiophene rings is 1. The molecule has 0 saturated heterocycles. The van der Waals surface area contributed by atoms with Crippen LogP contribution in [0.15, 0.2) is 26.0 Å². The van der Waals surface area contributed by atoms with Crippen molar-refractivity contribution >= 4 is 27.3 Å². The molecule has 2 aromatic heterocycles. The molecule has 0 aromatic carbocycles. The molecular weight excluding hydrogens is 228 g/mol. The van der Waals surface area contributed by atoms with Crippen LogP contribution in [0.2, 0.25) is 0 Å². The molecule has 2 aromatic rings. The van der Waals surface area contributed by atoms with Gasteiger partial charge in [0.05, 0.1) is 0 Å². The molecule has 0 radical (unpaired) electrons. The van der Waals surface area contributed by atoms with Crippen molar-refractivity contribution < 1.29 is 4.42 Å². The first-order valence-electron chi connectivity index (χ1n) is 2.88. The van der Waals surface area contributed by atoms with Crippen LogP contribution in [0.25, 0.3) is 11.5 Å². The van der Waals surface area contributed by atoms with E-state index in [2.05, 4.69) is 26.1 Å². The highest BCUT2D eigenvalue weighted by atomic mass is 79.9. The van der Waals surface area contributed by atoms with Crippen LogP contribution in [-0.4, -0.2) is 10.2 Å². The summed E-state index contributed by atoms with van der Waals surface area (Å²) in [4.78, 5) is 0.415. The number of hydrogen-bond donors (Lipinski definition) is 0. The van der Waals surface area contributed by atoms with Gasteiger partial charge in [-0.05, 0) is 11.4 Å². The van der Waals surface area contributed by atoms with Gasteiger partial charge in [-0.2, -0.15) is 11.3 Å². The summed E-state index contributed by atoms with van der Waals surface area (Å²) < 4.78 is 5.13. The maximum Gasteiger partial charge on any atom is 0.285 e. The molecule has 11 heavy (non-hydrogen) atoms. The average Bonchev–Trinajstić information content (AvgIpc) is 2.55. The molecule has 0 aliphatic heterocycles. The van der Waals surface area contributed by atoms with Crippen LogP contribution in [0, 0.1) is 0 Å². The summed E-state index contributed by atoms with van der Waals surface area (Å²) in [6, 6.07) is 1.94. The van der Waals surface area contributed by atoms with Gasteiger partial charge in [-0.25, -0.2) is 0 Å². The summed E-state index contributed by atoms with van der Waals surface area (Å²) in [5, 5.41) is 11.4. The Morgan fingerprint density at radius 3 is 2.91 bits per heavy atom. The second-order valence-electron chi connectivity index (χ2n) is 1.87. The minimum absolute atomic E-state index is 0.415. The summed E-state index contributed by atoms with van der Waals surface area (Å²) in [7, 11) is 0. The van der Waals surface area contributed by atoms with E-state index in [-0.39, 0.29) is 0 Å². The van der Waals surface area contributed by atoms with E-state index in [1.807, 2.05) is 16.8 Å². The molecule has 0 unspecified atom stereocenters. The zero-order chi connectivity index (χ0) is 7.68. The van der Waals surface area contributed by atoms with Gasteiger partial charge in [0, 0.05) is 26.9 Å². The number of halogens is 1. The zero-order valence-electron chi connectivity index (χ0n) is 5.32. The Balaban J connectivity index is 2.45. The number of rotatable bonds is 1. The van der Waals surface area contributed by atoms with Crippen molar-refractivity contribution in [2.75, 3.05) is 0 Å². The van der Waals surface area contributed by atoms with Gasteiger partial charge in [0.1, 0.15) is 0 Å². The number of aromatic nitrogens is 2. The summed E-state index contributed by atoms with van der Waals surface area (Å²) in [6.07, 6.45) is 0. The molecule has 0 amide bonds. The van der Waals surface area contributed by atoms with Gasteiger partial charge in [-0.3, -0.25) is 0 Å². The summed E-state index contributed by atoms with van der Waals surface area (Å²) in [5.74, 6) is 0.554. The largest absolute Gasteiger partial charge is 0.411 e. The van der Waals surface area contributed by atoms with Crippen molar-refractivity contribution in [3.63, 3.8) is 0 Å². The van der Waals surface area contributed by atoms with Crippen molar-refractivity contribution in [1.82, 2.24) is 10.2 Å². The maximum absolute atomic E-state index is 5.13. The van der Waals surface area contributed by atoms with E-state index in [0.717, 1.165) is 5.56 Å². The van der Waals surface area contributed by atoms with Gasteiger partial charge >= 0.3 is 0 Å². The first kappa shape index (κ1) is 7.00. The lowest BCUT2D eigenvalue weighted by Gasteiger charge is -1.82. The van der Waals surface area contributed by atoms with Gasteiger partial charge in [0.2, 0.25) is 5.89 Å². The van der Waals surface area contributed by atoms with Gasteiger partial charge in [0.15, 0.2) is 0 Å². The number of hydrogen-bond acceptors (Lipinski definition) is 4. The fraction of sp³-hybridized carbons (Fsp3) is 0. The minimum Gasteiger partial charge on any atom is -0.411 e. The topological polar surface area (TPSA) is 38.9 Å². The Morgan fingerprint density at radius 1 is 1.45 bits per heavy atom. The predicted octanol–water partition coefficient (Wildman–Crippen LogP) is 2.56. The number of nitrogens with zero attached hydrogens (tertiary/aromatic N) is 2. The SMILES string of the molecule is Brc1nnc(-c2ccsc2)o1. The van der Waals surface area contributed by atoms with E-state index in [9.17, 15) is 0 Å². The van der Waals surface area contributed by atoms with E-state index in [4.69, 9.17) is 4.42 Å². The molecule has 0 fully saturated rings. The highest BCUT2D eigenvalue weighted by molar-refractivity contribution is 9.10. The third-order valence-electron chi connectivity index (χ3n) is 1.17. The highest BCUT2D eigenvalue weighted by Gasteiger charge is 2.05. The predicted molar refractivity (Wildman–Crippen MR) is 45.3 cm³/mol. The Labute approximate surface area is 75.2 Å². The minimum atomic E-state index is 0.415. The van der Waals surface area contributed by atoms with Crippen LogP contribution in [0.3, 0.4) is 0 Å². The van der Waals surface area contributed by atoms with Gasteiger partial charge in [0.25, 0.3) is 4.80 Å². The quantitative estimate of drug-likeness (QED) is 0.756. The zero-order valence-corrected chi connectivity index (χ0v) is 7.72. The van der Waals surface area contributed by atoms with Gasteiger partial charge < -0.3 is 4.42 Å². The molecule has 3 nitrogen and oxygen atoms in total. The van der Waals surface area contributed by atoms with Gasteiger partial charge in [-0.1, -0.05) is 0 Å². The molecule has 0 N–H and O–H groups in total. The second kappa shape index (κ2) is 2.75. The van der Waals surface area contributed by atoms with Crippen LogP contribution in [-0.2, 0) is 0 Å². The molecule has 0 aliphatic carbocycles. The standard InChI is InChI=1S/C6H3BrN2OS/c7-6-9-8-5(10-6)4-1-2-11-3-4/h1-3H. The molecule has 2 rings (SSSR count). The normalized spacial score (nSPS) is 10.3. The van der Waals surface area contributed by atoms with E-state index >= 15 is 0 Å². The molecule has 2 heterocycles. The Morgan fingerprint density at radius 2 is 2.36 bits per heavy atom. The van der Waals surface area contributed by atoms with E-state index in [1.54, 1.807) is 11.3 Å². The third-order valence-corrected chi connectivity index (χ3v) is 2.17. The lowest BCUT2D eigenvalue weighted by Crippen LogP contribution is -1.70. The van der Waals surface area contributed by atoms with Crippen molar-refractivity contribution in [3.05, 3.63) is 21.6 Å². The van der Waals surface area contributed by atoms with Crippen molar-refractivity contribution in [2.24, 2.45) is 0 Å². The monoisotopic (exact) mass is 230 g/mol. The Kier molecular flexibility index (Phi) is 1.75.